The topological polar surface area (TPSA) is 83.6 Å². The highest BCUT2D eigenvalue weighted by molar-refractivity contribution is 7.89. The van der Waals surface area contributed by atoms with Crippen LogP contribution in [-0.4, -0.2) is 41.8 Å². The van der Waals surface area contributed by atoms with Crippen molar-refractivity contribution in [1.29, 1.82) is 0 Å². The Bertz CT molecular complexity index is 1010. The van der Waals surface area contributed by atoms with Gasteiger partial charge in [-0.15, -0.1) is 0 Å². The molecule has 0 aliphatic heterocycles. The zero-order valence-electron chi connectivity index (χ0n) is 17.6. The first-order chi connectivity index (χ1) is 13.5. The first kappa shape index (κ1) is 23.5. The monoisotopic (exact) mass is 438 g/mol. The van der Waals surface area contributed by atoms with Gasteiger partial charge in [-0.05, 0) is 60.7 Å². The van der Waals surface area contributed by atoms with Crippen molar-refractivity contribution in [3.05, 3.63) is 59.7 Å². The Morgan fingerprint density at radius 3 is 1.79 bits per heavy atom. The van der Waals surface area contributed by atoms with E-state index in [2.05, 4.69) is 18.6 Å². The molecule has 2 rings (SSSR count). The molecule has 0 radical (unpaired) electrons. The fourth-order valence-electron chi connectivity index (χ4n) is 2.96. The van der Waals surface area contributed by atoms with E-state index in [1.54, 1.807) is 43.4 Å². The molecule has 0 bridgehead atoms. The van der Waals surface area contributed by atoms with Gasteiger partial charge in [-0.3, -0.25) is 0 Å². The summed E-state index contributed by atoms with van der Waals surface area (Å²) < 4.78 is 52.9. The summed E-state index contributed by atoms with van der Waals surface area (Å²) in [6.07, 6.45) is 0.623. The van der Waals surface area contributed by atoms with E-state index in [4.69, 9.17) is 0 Å². The smallest absolute Gasteiger partial charge is 0.214 e. The van der Waals surface area contributed by atoms with Crippen molar-refractivity contribution in [3.8, 4) is 0 Å². The molecule has 6 nitrogen and oxygen atoms in total. The van der Waals surface area contributed by atoms with Crippen LogP contribution in [0.3, 0.4) is 0 Å². The minimum absolute atomic E-state index is 0.0855. The lowest BCUT2D eigenvalue weighted by Crippen LogP contribution is -2.28. The Kier molecular flexibility index (Phi) is 7.62. The maximum atomic E-state index is 12.8. The zero-order valence-corrected chi connectivity index (χ0v) is 19.2. The minimum Gasteiger partial charge on any atom is -0.214 e. The molecule has 2 aromatic carbocycles. The molecule has 2 aromatic rings. The van der Waals surface area contributed by atoms with Crippen molar-refractivity contribution in [2.45, 2.75) is 48.8 Å². The number of benzene rings is 2. The van der Waals surface area contributed by atoms with Gasteiger partial charge in [0.05, 0.1) is 9.79 Å². The lowest BCUT2D eigenvalue weighted by molar-refractivity contribution is 0.447. The molecule has 0 amide bonds. The van der Waals surface area contributed by atoms with E-state index < -0.39 is 20.0 Å². The molecule has 1 atom stereocenters. The average molecular weight is 439 g/mol. The second-order valence-electron chi connectivity index (χ2n) is 7.52. The van der Waals surface area contributed by atoms with Gasteiger partial charge in [-0.2, -0.15) is 0 Å². The summed E-state index contributed by atoms with van der Waals surface area (Å²) in [7, 11) is -4.05. The third-order valence-electron chi connectivity index (χ3n) is 5.16. The summed E-state index contributed by atoms with van der Waals surface area (Å²) >= 11 is 0. The number of hydrogen-bond acceptors (Lipinski definition) is 4. The highest BCUT2D eigenvalue weighted by Gasteiger charge is 2.21. The average Bonchev–Trinajstić information content (AvgIpc) is 2.71. The van der Waals surface area contributed by atoms with Crippen molar-refractivity contribution >= 4 is 20.0 Å². The van der Waals surface area contributed by atoms with Crippen LogP contribution in [0.4, 0.5) is 0 Å². The van der Waals surface area contributed by atoms with E-state index >= 15 is 0 Å². The molecule has 8 heteroatoms. The third-order valence-corrected chi connectivity index (χ3v) is 8.46. The maximum Gasteiger partial charge on any atom is 0.242 e. The lowest BCUT2D eigenvalue weighted by Gasteiger charge is -2.20. The van der Waals surface area contributed by atoms with Gasteiger partial charge in [0.2, 0.25) is 20.0 Å². The predicted octanol–water partition coefficient (Wildman–Crippen LogP) is 3.53. The van der Waals surface area contributed by atoms with Gasteiger partial charge >= 0.3 is 0 Å². The Hall–Kier alpha value is -1.74. The molecule has 0 spiro atoms. The summed E-state index contributed by atoms with van der Waals surface area (Å²) in [5, 5.41) is 0. The summed E-state index contributed by atoms with van der Waals surface area (Å²) in [6, 6.07) is 13.7. The van der Waals surface area contributed by atoms with Crippen molar-refractivity contribution < 1.29 is 16.8 Å². The van der Waals surface area contributed by atoms with Crippen LogP contribution in [0.1, 0.15) is 50.2 Å². The normalized spacial score (nSPS) is 13.8. The Morgan fingerprint density at radius 2 is 1.31 bits per heavy atom. The summed E-state index contributed by atoms with van der Waals surface area (Å²) in [5.41, 5.74) is 2.07. The molecule has 1 unspecified atom stereocenters. The van der Waals surface area contributed by atoms with Crippen molar-refractivity contribution in [1.82, 2.24) is 9.03 Å². The van der Waals surface area contributed by atoms with E-state index in [-0.39, 0.29) is 10.8 Å². The second kappa shape index (κ2) is 9.38. The van der Waals surface area contributed by atoms with Crippen LogP contribution in [0, 0.1) is 0 Å². The SMILES string of the molecule is CNS(=O)(=O)c1ccc(C(C)CCN(C)S(=O)(=O)c2ccc(C(C)C)cc2)cc1. The number of rotatable bonds is 9. The highest BCUT2D eigenvalue weighted by Crippen LogP contribution is 2.24. The van der Waals surface area contributed by atoms with Gasteiger partial charge in [0.1, 0.15) is 0 Å². The quantitative estimate of drug-likeness (QED) is 0.649. The molecule has 160 valence electrons. The van der Waals surface area contributed by atoms with Gasteiger partial charge in [0.25, 0.3) is 0 Å². The lowest BCUT2D eigenvalue weighted by atomic mass is 9.98. The molecule has 0 aliphatic carbocycles. The summed E-state index contributed by atoms with van der Waals surface area (Å²) in [6.45, 7) is 6.50. The van der Waals surface area contributed by atoms with E-state index in [9.17, 15) is 16.8 Å². The largest absolute Gasteiger partial charge is 0.242 e. The molecule has 1 N–H and O–H groups in total. The Morgan fingerprint density at radius 1 is 0.828 bits per heavy atom. The summed E-state index contributed by atoms with van der Waals surface area (Å²) in [5.74, 6) is 0.433. The molecular weight excluding hydrogens is 408 g/mol. The van der Waals surface area contributed by atoms with Gasteiger partial charge < -0.3 is 0 Å². The van der Waals surface area contributed by atoms with Crippen LogP contribution < -0.4 is 4.72 Å². The molecule has 0 aromatic heterocycles. The van der Waals surface area contributed by atoms with Crippen LogP contribution in [0.5, 0.6) is 0 Å². The Balaban J connectivity index is 2.04. The molecule has 0 aliphatic rings. The number of sulfonamides is 2. The van der Waals surface area contributed by atoms with Crippen LogP contribution >= 0.6 is 0 Å². The fraction of sp³-hybridized carbons (Fsp3) is 0.429. The number of hydrogen-bond donors (Lipinski definition) is 1. The minimum atomic E-state index is -3.54. The summed E-state index contributed by atoms with van der Waals surface area (Å²) in [4.78, 5) is 0.499. The van der Waals surface area contributed by atoms with Crippen LogP contribution in [-0.2, 0) is 20.0 Å². The fourth-order valence-corrected chi connectivity index (χ4v) is 4.88. The molecular formula is C21H30N2O4S2. The number of nitrogens with one attached hydrogen (secondary N) is 1. The van der Waals surface area contributed by atoms with E-state index in [1.807, 2.05) is 19.1 Å². The van der Waals surface area contributed by atoms with Gasteiger partial charge in [-0.1, -0.05) is 45.0 Å². The number of nitrogens with zero attached hydrogens (tertiary/aromatic N) is 1. The van der Waals surface area contributed by atoms with Gasteiger partial charge in [0, 0.05) is 13.6 Å². The van der Waals surface area contributed by atoms with Crippen molar-refractivity contribution in [3.63, 3.8) is 0 Å². The highest BCUT2D eigenvalue weighted by atomic mass is 32.2. The maximum absolute atomic E-state index is 12.8. The van der Waals surface area contributed by atoms with E-state index in [0.717, 1.165) is 11.1 Å². The standard InChI is InChI=1S/C21H30N2O4S2/c1-16(2)18-6-12-21(13-7-18)29(26,27)23(5)15-14-17(3)19-8-10-20(11-9-19)28(24,25)22-4/h6-13,16-17,22H,14-15H2,1-5H3. The van der Waals surface area contributed by atoms with Gasteiger partial charge in [-0.25, -0.2) is 25.9 Å². The third kappa shape index (κ3) is 5.66. The molecule has 0 saturated heterocycles. The molecule has 29 heavy (non-hydrogen) atoms. The van der Waals surface area contributed by atoms with Crippen LogP contribution in [0.15, 0.2) is 58.3 Å². The van der Waals surface area contributed by atoms with Gasteiger partial charge in [0.15, 0.2) is 0 Å². The second-order valence-corrected chi connectivity index (χ2v) is 11.4. The molecule has 0 fully saturated rings. The first-order valence-corrected chi connectivity index (χ1v) is 12.5. The van der Waals surface area contributed by atoms with E-state index in [1.165, 1.54) is 11.4 Å². The molecule has 0 saturated carbocycles. The predicted molar refractivity (Wildman–Crippen MR) is 116 cm³/mol. The van der Waals surface area contributed by atoms with Crippen LogP contribution in [0.25, 0.3) is 0 Å². The van der Waals surface area contributed by atoms with Crippen molar-refractivity contribution in [2.75, 3.05) is 20.6 Å². The van der Waals surface area contributed by atoms with Crippen molar-refractivity contribution in [2.24, 2.45) is 0 Å². The molecule has 0 heterocycles. The first-order valence-electron chi connectivity index (χ1n) is 9.59. The van der Waals surface area contributed by atoms with E-state index in [0.29, 0.717) is 23.8 Å². The zero-order chi connectivity index (χ0) is 21.8. The Labute approximate surface area is 175 Å². The van der Waals surface area contributed by atoms with Crippen LogP contribution in [0.2, 0.25) is 0 Å².